The zero-order chi connectivity index (χ0) is 29.2. The Balaban J connectivity index is 2.48. The Hall–Kier alpha value is -4.34. The maximum atomic E-state index is 13.9. The second kappa shape index (κ2) is 14.0. The number of nitrogens with zero attached hydrogens (tertiary/aromatic N) is 1. The predicted molar refractivity (Wildman–Crippen MR) is 150 cm³/mol. The highest BCUT2D eigenvalue weighted by Gasteiger charge is 2.35. The number of carbonyl (C=O) groups is 4. The number of carbonyl (C=O) groups excluding carboxylic acids is 4. The van der Waals surface area contributed by atoms with Crippen LogP contribution in [0.2, 0.25) is 0 Å². The van der Waals surface area contributed by atoms with Gasteiger partial charge in [0.05, 0.1) is 7.11 Å². The molecule has 0 fully saturated rings. The van der Waals surface area contributed by atoms with Crippen molar-refractivity contribution in [1.29, 1.82) is 0 Å². The molecule has 0 aliphatic carbocycles. The minimum Gasteiger partial charge on any atom is -0.497 e. The summed E-state index contributed by atoms with van der Waals surface area (Å²) in [5.41, 5.74) is 6.33. The number of ether oxygens (including phenoxy) is 2. The molecule has 4 N–H and O–H groups in total. The number of alkyl carbamates (subject to hydrolysis) is 1. The fourth-order valence-electron chi connectivity index (χ4n) is 3.87. The number of methoxy groups -OCH3 is 1. The van der Waals surface area contributed by atoms with E-state index >= 15 is 0 Å². The minimum absolute atomic E-state index is 0.0660. The average Bonchev–Trinajstić information content (AvgIpc) is 2.88. The molecule has 4 amide bonds. The van der Waals surface area contributed by atoms with Crippen LogP contribution in [0.5, 0.6) is 5.75 Å². The Bertz CT molecular complexity index is 1170. The fraction of sp³-hybridized carbons (Fsp3) is 0.379. The Labute approximate surface area is 229 Å². The molecule has 2 aromatic rings. The number of primary amides is 1. The Morgan fingerprint density at radius 3 is 2.31 bits per heavy atom. The molecule has 39 heavy (non-hydrogen) atoms. The van der Waals surface area contributed by atoms with E-state index in [0.29, 0.717) is 17.0 Å². The summed E-state index contributed by atoms with van der Waals surface area (Å²) in [5.74, 6) is -1.04. The molecule has 0 saturated carbocycles. The van der Waals surface area contributed by atoms with Crippen LogP contribution in [-0.4, -0.2) is 54.0 Å². The van der Waals surface area contributed by atoms with Crippen LogP contribution in [0.4, 0.5) is 10.5 Å². The van der Waals surface area contributed by atoms with Gasteiger partial charge >= 0.3 is 6.09 Å². The van der Waals surface area contributed by atoms with Crippen molar-refractivity contribution in [3.63, 3.8) is 0 Å². The zero-order valence-corrected chi connectivity index (χ0v) is 23.2. The Morgan fingerprint density at radius 1 is 1.10 bits per heavy atom. The van der Waals surface area contributed by atoms with Gasteiger partial charge in [-0.3, -0.25) is 14.4 Å². The van der Waals surface area contributed by atoms with Crippen molar-refractivity contribution in [2.24, 2.45) is 5.73 Å². The van der Waals surface area contributed by atoms with E-state index in [1.54, 1.807) is 83.3 Å². The maximum Gasteiger partial charge on any atom is 0.408 e. The molecular weight excluding hydrogens is 500 g/mol. The van der Waals surface area contributed by atoms with E-state index < -0.39 is 41.5 Å². The summed E-state index contributed by atoms with van der Waals surface area (Å²) in [6.07, 6.45) is 0.594. The van der Waals surface area contributed by atoms with Crippen molar-refractivity contribution < 1.29 is 28.7 Å². The molecule has 210 valence electrons. The summed E-state index contributed by atoms with van der Waals surface area (Å²) < 4.78 is 10.5. The van der Waals surface area contributed by atoms with Crippen LogP contribution >= 0.6 is 0 Å². The van der Waals surface area contributed by atoms with Crippen LogP contribution in [0.15, 0.2) is 55.1 Å². The van der Waals surface area contributed by atoms with Gasteiger partial charge in [-0.05, 0) is 75.6 Å². The molecule has 0 radical (unpaired) electrons. The first kappa shape index (κ1) is 30.9. The topological polar surface area (TPSA) is 140 Å². The van der Waals surface area contributed by atoms with Crippen molar-refractivity contribution in [2.75, 3.05) is 19.0 Å². The van der Waals surface area contributed by atoms with Crippen molar-refractivity contribution in [3.8, 4) is 5.75 Å². The lowest BCUT2D eigenvalue weighted by atomic mass is 9.99. The number of anilines is 1. The van der Waals surface area contributed by atoms with Gasteiger partial charge in [-0.15, -0.1) is 0 Å². The van der Waals surface area contributed by atoms with E-state index in [0.717, 1.165) is 5.56 Å². The van der Waals surface area contributed by atoms with Gasteiger partial charge in [0.15, 0.2) is 0 Å². The monoisotopic (exact) mass is 538 g/mol. The van der Waals surface area contributed by atoms with Crippen molar-refractivity contribution in [1.82, 2.24) is 10.2 Å². The summed E-state index contributed by atoms with van der Waals surface area (Å²) in [4.78, 5) is 53.1. The lowest BCUT2D eigenvalue weighted by molar-refractivity contribution is -0.140. The second-order valence-electron chi connectivity index (χ2n) is 9.82. The number of nitrogens with one attached hydrogen (secondary N) is 2. The first-order valence-electron chi connectivity index (χ1n) is 12.6. The van der Waals surface area contributed by atoms with Gasteiger partial charge in [-0.1, -0.05) is 30.9 Å². The number of nitrogens with two attached hydrogens (primary N) is 1. The third-order valence-electron chi connectivity index (χ3n) is 5.67. The zero-order valence-electron chi connectivity index (χ0n) is 23.2. The molecule has 2 rings (SSSR count). The standard InChI is InChI=1S/C29H38N4O6/c1-7-19-10-9-11-20(18-19)25(26(35)31-21-12-14-22(38-6)15-13-21)33(8-2)27(36)23(16-17-24(30)34)32-28(37)39-29(3,4)5/h7,9-15,18,23,25H,1,8,16-17H2,2-6H3,(H2,30,34)(H,31,35)(H,32,37). The molecule has 0 saturated heterocycles. The van der Waals surface area contributed by atoms with Gasteiger partial charge in [-0.25, -0.2) is 4.79 Å². The van der Waals surface area contributed by atoms with Crippen molar-refractivity contribution in [2.45, 2.75) is 58.2 Å². The van der Waals surface area contributed by atoms with Crippen LogP contribution in [-0.2, 0) is 19.1 Å². The predicted octanol–water partition coefficient (Wildman–Crippen LogP) is 4.03. The molecule has 0 aromatic heterocycles. The molecule has 0 heterocycles. The quantitative estimate of drug-likeness (QED) is 0.373. The summed E-state index contributed by atoms with van der Waals surface area (Å²) >= 11 is 0. The van der Waals surface area contributed by atoms with Crippen LogP contribution in [0.25, 0.3) is 6.08 Å². The number of likely N-dealkylation sites (N-methyl/N-ethyl adjacent to an activating group) is 1. The average molecular weight is 539 g/mol. The van der Waals surface area contributed by atoms with Gasteiger partial charge in [0, 0.05) is 18.7 Å². The summed E-state index contributed by atoms with van der Waals surface area (Å²) in [7, 11) is 1.54. The Kier molecular flexibility index (Phi) is 11.1. The fourth-order valence-corrected chi connectivity index (χ4v) is 3.87. The molecule has 10 heteroatoms. The third-order valence-corrected chi connectivity index (χ3v) is 5.67. The van der Waals surface area contributed by atoms with Crippen LogP contribution in [0.3, 0.4) is 0 Å². The van der Waals surface area contributed by atoms with E-state index in [4.69, 9.17) is 15.2 Å². The van der Waals surface area contributed by atoms with E-state index in [9.17, 15) is 19.2 Å². The highest BCUT2D eigenvalue weighted by atomic mass is 16.6. The maximum absolute atomic E-state index is 13.9. The first-order valence-corrected chi connectivity index (χ1v) is 12.6. The van der Waals surface area contributed by atoms with Gasteiger partial charge in [0.2, 0.25) is 11.8 Å². The lowest BCUT2D eigenvalue weighted by Gasteiger charge is -2.34. The first-order chi connectivity index (χ1) is 18.4. The molecule has 2 aromatic carbocycles. The van der Waals surface area contributed by atoms with Gasteiger partial charge in [0.1, 0.15) is 23.4 Å². The minimum atomic E-state index is -1.16. The molecule has 2 unspecified atom stereocenters. The Morgan fingerprint density at radius 2 is 1.77 bits per heavy atom. The SMILES string of the molecule is C=Cc1cccc(C(C(=O)Nc2ccc(OC)cc2)N(CC)C(=O)C(CCC(N)=O)NC(=O)OC(C)(C)C)c1. The normalized spacial score (nSPS) is 12.4. The molecule has 10 nitrogen and oxygen atoms in total. The van der Waals surface area contributed by atoms with Gasteiger partial charge in [0.25, 0.3) is 5.91 Å². The highest BCUT2D eigenvalue weighted by molar-refractivity contribution is 5.99. The van der Waals surface area contributed by atoms with E-state index in [-0.39, 0.29) is 19.4 Å². The summed E-state index contributed by atoms with van der Waals surface area (Å²) in [6, 6.07) is 11.6. The van der Waals surface area contributed by atoms with E-state index in [2.05, 4.69) is 17.2 Å². The molecule has 2 atom stereocenters. The van der Waals surface area contributed by atoms with E-state index in [1.165, 1.54) is 4.90 Å². The van der Waals surface area contributed by atoms with Crippen LogP contribution in [0, 0.1) is 0 Å². The third kappa shape index (κ3) is 9.48. The van der Waals surface area contributed by atoms with Crippen LogP contribution < -0.4 is 21.1 Å². The molecule has 0 aliphatic rings. The van der Waals surface area contributed by atoms with Gasteiger partial charge < -0.3 is 30.7 Å². The second-order valence-corrected chi connectivity index (χ2v) is 9.82. The molecular formula is C29H38N4O6. The number of hydrogen-bond acceptors (Lipinski definition) is 6. The lowest BCUT2D eigenvalue weighted by Crippen LogP contribution is -2.52. The summed E-state index contributed by atoms with van der Waals surface area (Å²) in [5, 5.41) is 5.41. The highest BCUT2D eigenvalue weighted by Crippen LogP contribution is 2.26. The van der Waals surface area contributed by atoms with E-state index in [1.807, 2.05) is 6.07 Å². The van der Waals surface area contributed by atoms with Crippen molar-refractivity contribution in [3.05, 3.63) is 66.2 Å². The van der Waals surface area contributed by atoms with Crippen molar-refractivity contribution >= 4 is 35.6 Å². The molecule has 0 bridgehead atoms. The van der Waals surface area contributed by atoms with Crippen LogP contribution in [0.1, 0.15) is 57.7 Å². The molecule has 0 aliphatic heterocycles. The largest absolute Gasteiger partial charge is 0.497 e. The summed E-state index contributed by atoms with van der Waals surface area (Å²) in [6.45, 7) is 10.7. The smallest absolute Gasteiger partial charge is 0.408 e. The molecule has 0 spiro atoms. The number of amides is 4. The number of hydrogen-bond donors (Lipinski definition) is 3. The number of rotatable bonds is 12. The number of benzene rings is 2. The van der Waals surface area contributed by atoms with Gasteiger partial charge in [-0.2, -0.15) is 0 Å².